The van der Waals surface area contributed by atoms with Crippen molar-refractivity contribution in [2.45, 2.75) is 0 Å². The van der Waals surface area contributed by atoms with Crippen LogP contribution in [0.15, 0.2) is 29.4 Å². The second kappa shape index (κ2) is 2.77. The molecule has 1 N–H and O–H groups in total. The molecular weight excluding hydrogens is 186 g/mol. The Morgan fingerprint density at radius 2 is 2.14 bits per heavy atom. The van der Waals surface area contributed by atoms with E-state index in [1.165, 1.54) is 18.2 Å². The highest BCUT2D eigenvalue weighted by molar-refractivity contribution is 6.16. The van der Waals surface area contributed by atoms with Crippen molar-refractivity contribution in [1.29, 1.82) is 0 Å². The first kappa shape index (κ1) is 8.62. The van der Waals surface area contributed by atoms with E-state index in [2.05, 4.69) is 0 Å². The molecule has 0 aromatic heterocycles. The molecule has 0 bridgehead atoms. The van der Waals surface area contributed by atoms with Gasteiger partial charge in [0.2, 0.25) is 0 Å². The van der Waals surface area contributed by atoms with Crippen LogP contribution < -0.4 is 0 Å². The molecule has 1 fully saturated rings. The molecule has 0 radical (unpaired) electrons. The molecule has 1 unspecified atom stereocenters. The Morgan fingerprint density at radius 1 is 1.43 bits per heavy atom. The summed E-state index contributed by atoms with van der Waals surface area (Å²) < 4.78 is 0. The van der Waals surface area contributed by atoms with Gasteiger partial charge in [0.1, 0.15) is 11.9 Å². The Labute approximate surface area is 78.6 Å². The Kier molecular flexibility index (Phi) is 1.70. The van der Waals surface area contributed by atoms with Gasteiger partial charge in [-0.15, -0.1) is 0 Å². The molecule has 1 saturated heterocycles. The summed E-state index contributed by atoms with van der Waals surface area (Å²) in [5.74, 6) is -0.984. The molecule has 2 aliphatic rings. The third-order valence-electron chi connectivity index (χ3n) is 2.19. The van der Waals surface area contributed by atoms with E-state index in [0.717, 1.165) is 0 Å². The van der Waals surface area contributed by atoms with Crippen LogP contribution in [0.2, 0.25) is 0 Å². The lowest BCUT2D eigenvalue weighted by Crippen LogP contribution is -2.26. The van der Waals surface area contributed by atoms with Crippen molar-refractivity contribution in [3.8, 4) is 0 Å². The zero-order chi connectivity index (χ0) is 10.3. The number of fused-ring (bicyclic) bond motifs is 1. The molecule has 1 atom stereocenters. The predicted octanol–water partition coefficient (Wildman–Crippen LogP) is -0.385. The first-order valence-electron chi connectivity index (χ1n) is 3.87. The fourth-order valence-electron chi connectivity index (χ4n) is 1.51. The molecule has 5 heteroatoms. The number of hydrogen-bond donors (Lipinski definition) is 1. The lowest BCUT2D eigenvalue weighted by molar-refractivity contribution is -0.171. The summed E-state index contributed by atoms with van der Waals surface area (Å²) in [6.07, 6.45) is 4.27. The zero-order valence-corrected chi connectivity index (χ0v) is 6.93. The number of carbonyl (C=O) groups is 2. The van der Waals surface area contributed by atoms with Crippen LogP contribution in [0.5, 0.6) is 0 Å². The first-order valence-corrected chi connectivity index (χ1v) is 3.87. The molecule has 0 spiro atoms. The first-order chi connectivity index (χ1) is 6.66. The third kappa shape index (κ3) is 0.907. The van der Waals surface area contributed by atoms with Crippen LogP contribution in [0.25, 0.3) is 0 Å². The summed E-state index contributed by atoms with van der Waals surface area (Å²) in [7, 11) is 0. The molecule has 70 valence electrons. The minimum Gasteiger partial charge on any atom is -0.278 e. The number of imide groups is 1. The third-order valence-corrected chi connectivity index (χ3v) is 2.19. The van der Waals surface area contributed by atoms with Gasteiger partial charge in [-0.05, 0) is 6.08 Å². The molecule has 14 heavy (non-hydrogen) atoms. The van der Waals surface area contributed by atoms with Crippen molar-refractivity contribution in [1.82, 2.24) is 5.06 Å². The maximum atomic E-state index is 11.3. The molecule has 1 aliphatic carbocycles. The van der Waals surface area contributed by atoms with Crippen molar-refractivity contribution in [2.75, 3.05) is 0 Å². The Bertz CT molecular complexity index is 440. The molecule has 0 aromatic carbocycles. The Hall–Kier alpha value is -1.97. The number of nitrogens with zero attached hydrogens (tertiary/aromatic N) is 1. The smallest absolute Gasteiger partial charge is 0.278 e. The maximum Gasteiger partial charge on any atom is 0.281 e. The van der Waals surface area contributed by atoms with Gasteiger partial charge in [0, 0.05) is 5.57 Å². The quantitative estimate of drug-likeness (QED) is 0.321. The number of carbonyl (C=O) groups excluding carboxylic acids is 3. The number of hydroxylamine groups is 2. The number of hydrogen-bond acceptors (Lipinski definition) is 4. The highest BCUT2D eigenvalue weighted by atomic mass is 16.5. The zero-order valence-electron chi connectivity index (χ0n) is 6.93. The van der Waals surface area contributed by atoms with Gasteiger partial charge in [-0.1, -0.05) is 12.2 Å². The van der Waals surface area contributed by atoms with Gasteiger partial charge < -0.3 is 0 Å². The monoisotopic (exact) mass is 191 g/mol. The predicted molar refractivity (Wildman–Crippen MR) is 43.6 cm³/mol. The largest absolute Gasteiger partial charge is 0.281 e. The average Bonchev–Trinajstić information content (AvgIpc) is 2.44. The fraction of sp³-hybridized carbons (Fsp3) is 0.111. The van der Waals surface area contributed by atoms with Crippen molar-refractivity contribution in [2.24, 2.45) is 5.92 Å². The van der Waals surface area contributed by atoms with Crippen molar-refractivity contribution >= 4 is 17.8 Å². The summed E-state index contributed by atoms with van der Waals surface area (Å²) >= 11 is 0. The average molecular weight is 191 g/mol. The summed E-state index contributed by atoms with van der Waals surface area (Å²) in [6.45, 7) is 0. The second-order valence-electron chi connectivity index (χ2n) is 2.93. The molecule has 1 aliphatic heterocycles. The topological polar surface area (TPSA) is 74.7 Å². The van der Waals surface area contributed by atoms with E-state index >= 15 is 0 Å². The van der Waals surface area contributed by atoms with Gasteiger partial charge >= 0.3 is 0 Å². The highest BCUT2D eigenvalue weighted by Gasteiger charge is 2.45. The van der Waals surface area contributed by atoms with Gasteiger partial charge in [-0.3, -0.25) is 14.8 Å². The van der Waals surface area contributed by atoms with Gasteiger partial charge in [-0.25, -0.2) is 4.79 Å². The molecule has 1 heterocycles. The van der Waals surface area contributed by atoms with Gasteiger partial charge in [0.25, 0.3) is 11.8 Å². The van der Waals surface area contributed by atoms with Crippen LogP contribution >= 0.6 is 0 Å². The van der Waals surface area contributed by atoms with Crippen LogP contribution in [0.1, 0.15) is 0 Å². The lowest BCUT2D eigenvalue weighted by Gasteiger charge is -2.08. The number of rotatable bonds is 0. The summed E-state index contributed by atoms with van der Waals surface area (Å²) in [6, 6.07) is 0. The second-order valence-corrected chi connectivity index (χ2v) is 2.93. The van der Waals surface area contributed by atoms with Gasteiger partial charge in [0.15, 0.2) is 0 Å². The molecule has 2 rings (SSSR count). The van der Waals surface area contributed by atoms with Crippen LogP contribution in [0, 0.1) is 5.92 Å². The Balaban J connectivity index is 2.58. The summed E-state index contributed by atoms with van der Waals surface area (Å²) in [4.78, 5) is 33.0. The SMILES string of the molecule is O=C=C1C=CC=C2C(=O)N(O)C(=O)C12. The van der Waals surface area contributed by atoms with Gasteiger partial charge in [0.05, 0.1) is 5.57 Å². The maximum absolute atomic E-state index is 11.3. The van der Waals surface area contributed by atoms with Crippen LogP contribution in [0.4, 0.5) is 0 Å². The van der Waals surface area contributed by atoms with E-state index in [9.17, 15) is 14.4 Å². The summed E-state index contributed by atoms with van der Waals surface area (Å²) in [5.41, 5.74) is 0.177. The molecule has 5 nitrogen and oxygen atoms in total. The van der Waals surface area contributed by atoms with E-state index in [-0.39, 0.29) is 16.2 Å². The van der Waals surface area contributed by atoms with Crippen LogP contribution in [0.3, 0.4) is 0 Å². The van der Waals surface area contributed by atoms with Crippen molar-refractivity contribution in [3.05, 3.63) is 29.4 Å². The van der Waals surface area contributed by atoms with Crippen LogP contribution in [-0.4, -0.2) is 28.0 Å². The Morgan fingerprint density at radius 3 is 2.79 bits per heavy atom. The lowest BCUT2D eigenvalue weighted by atomic mass is 9.90. The van der Waals surface area contributed by atoms with E-state index in [4.69, 9.17) is 5.21 Å². The van der Waals surface area contributed by atoms with Crippen molar-refractivity contribution < 1.29 is 19.6 Å². The minimum atomic E-state index is -0.977. The molecule has 0 saturated carbocycles. The van der Waals surface area contributed by atoms with Crippen LogP contribution in [-0.2, 0) is 14.4 Å². The van der Waals surface area contributed by atoms with E-state index < -0.39 is 17.7 Å². The van der Waals surface area contributed by atoms with Crippen molar-refractivity contribution in [3.63, 3.8) is 0 Å². The molecular formula is C9H5NO4. The highest BCUT2D eigenvalue weighted by Crippen LogP contribution is 2.32. The molecule has 2 amide bonds. The normalized spacial score (nSPS) is 24.9. The number of amides is 2. The van der Waals surface area contributed by atoms with Gasteiger partial charge in [-0.2, -0.15) is 5.06 Å². The molecule has 0 aromatic rings. The minimum absolute atomic E-state index is 0.0286. The fourth-order valence-corrected chi connectivity index (χ4v) is 1.51. The standard InChI is InChI=1S/C9H5NO4/c11-4-5-2-1-3-6-7(5)9(13)10(14)8(6)12/h1-3,7,14H. The van der Waals surface area contributed by atoms with E-state index in [1.54, 1.807) is 5.94 Å². The number of allylic oxidation sites excluding steroid dienone is 3. The van der Waals surface area contributed by atoms with E-state index in [0.29, 0.717) is 0 Å². The van der Waals surface area contributed by atoms with E-state index in [1.807, 2.05) is 0 Å². The summed E-state index contributed by atoms with van der Waals surface area (Å²) in [5, 5.41) is 9.06.